The lowest BCUT2D eigenvalue weighted by Gasteiger charge is -2.15. The second-order valence-electron chi connectivity index (χ2n) is 4.16. The number of hydrogen-bond acceptors (Lipinski definition) is 7. The highest BCUT2D eigenvalue weighted by Crippen LogP contribution is 2.33. The standard InChI is InChI=1S/C13H15N3O5/c1-20-10-3-7-8(4-11(10)21-2)14-6-15-12(7)16-9(5-17)13(18)19/h3-4,6,9,17H,5H2,1-2H3,(H,18,19)(H,14,15,16). The maximum Gasteiger partial charge on any atom is 0.328 e. The Morgan fingerprint density at radius 1 is 1.29 bits per heavy atom. The van der Waals surface area contributed by atoms with Crippen molar-refractivity contribution in [1.29, 1.82) is 0 Å². The zero-order chi connectivity index (χ0) is 15.4. The molecule has 1 heterocycles. The molecule has 0 amide bonds. The fourth-order valence-electron chi connectivity index (χ4n) is 1.85. The molecule has 3 N–H and O–H groups in total. The van der Waals surface area contributed by atoms with Gasteiger partial charge in [0.05, 0.1) is 26.3 Å². The SMILES string of the molecule is COc1cc2ncnc(NC(CO)C(=O)O)c2cc1OC. The first-order valence-electron chi connectivity index (χ1n) is 6.07. The lowest BCUT2D eigenvalue weighted by atomic mass is 10.2. The van der Waals surface area contributed by atoms with Gasteiger partial charge in [0, 0.05) is 11.5 Å². The first kappa shape index (κ1) is 14.8. The van der Waals surface area contributed by atoms with Crippen molar-refractivity contribution in [2.24, 2.45) is 0 Å². The van der Waals surface area contributed by atoms with Gasteiger partial charge in [-0.2, -0.15) is 0 Å². The van der Waals surface area contributed by atoms with Gasteiger partial charge < -0.3 is 25.0 Å². The number of aliphatic hydroxyl groups is 1. The quantitative estimate of drug-likeness (QED) is 0.705. The van der Waals surface area contributed by atoms with Gasteiger partial charge in [-0.3, -0.25) is 0 Å². The number of ether oxygens (including phenoxy) is 2. The Morgan fingerprint density at radius 2 is 1.95 bits per heavy atom. The molecule has 8 heteroatoms. The van der Waals surface area contributed by atoms with Crippen molar-refractivity contribution in [2.45, 2.75) is 6.04 Å². The summed E-state index contributed by atoms with van der Waals surface area (Å²) < 4.78 is 10.4. The summed E-state index contributed by atoms with van der Waals surface area (Å²) in [5, 5.41) is 21.3. The Kier molecular flexibility index (Phi) is 4.39. The van der Waals surface area contributed by atoms with E-state index in [1.165, 1.54) is 20.5 Å². The first-order chi connectivity index (χ1) is 10.1. The average Bonchev–Trinajstić information content (AvgIpc) is 2.50. The number of aliphatic hydroxyl groups excluding tert-OH is 1. The Hall–Kier alpha value is -2.61. The van der Waals surface area contributed by atoms with Crippen LogP contribution in [0.15, 0.2) is 18.5 Å². The summed E-state index contributed by atoms with van der Waals surface area (Å²) in [6.45, 7) is -0.561. The fraction of sp³-hybridized carbons (Fsp3) is 0.308. The molecule has 0 spiro atoms. The molecule has 1 aromatic heterocycles. The smallest absolute Gasteiger partial charge is 0.328 e. The van der Waals surface area contributed by atoms with E-state index in [4.69, 9.17) is 19.7 Å². The average molecular weight is 293 g/mol. The molecule has 2 rings (SSSR count). The van der Waals surface area contributed by atoms with Gasteiger partial charge >= 0.3 is 5.97 Å². The van der Waals surface area contributed by atoms with Gasteiger partial charge in [0.15, 0.2) is 11.5 Å². The normalized spacial score (nSPS) is 12.0. The fourth-order valence-corrected chi connectivity index (χ4v) is 1.85. The van der Waals surface area contributed by atoms with Crippen LogP contribution in [0.25, 0.3) is 10.9 Å². The number of methoxy groups -OCH3 is 2. The van der Waals surface area contributed by atoms with E-state index < -0.39 is 18.6 Å². The predicted octanol–water partition coefficient (Wildman–Crippen LogP) is 0.504. The minimum absolute atomic E-state index is 0.294. The van der Waals surface area contributed by atoms with Crippen LogP contribution >= 0.6 is 0 Å². The van der Waals surface area contributed by atoms with E-state index in [0.29, 0.717) is 28.2 Å². The molecular weight excluding hydrogens is 278 g/mol. The van der Waals surface area contributed by atoms with Crippen LogP contribution in [-0.2, 0) is 4.79 Å². The van der Waals surface area contributed by atoms with Gasteiger partial charge in [0.1, 0.15) is 18.2 Å². The molecule has 0 aliphatic carbocycles. The minimum Gasteiger partial charge on any atom is -0.493 e. The summed E-state index contributed by atoms with van der Waals surface area (Å²) in [6.07, 6.45) is 1.30. The molecule has 1 atom stereocenters. The summed E-state index contributed by atoms with van der Waals surface area (Å²) >= 11 is 0. The van der Waals surface area contributed by atoms with Crippen LogP contribution in [-0.4, -0.2) is 53.0 Å². The van der Waals surface area contributed by atoms with E-state index in [0.717, 1.165) is 0 Å². The summed E-state index contributed by atoms with van der Waals surface area (Å²) in [7, 11) is 3.00. The van der Waals surface area contributed by atoms with E-state index >= 15 is 0 Å². The summed E-state index contributed by atoms with van der Waals surface area (Å²) in [5.41, 5.74) is 0.562. The van der Waals surface area contributed by atoms with Gasteiger partial charge in [-0.1, -0.05) is 0 Å². The van der Waals surface area contributed by atoms with Crippen LogP contribution in [0.1, 0.15) is 0 Å². The van der Waals surface area contributed by atoms with E-state index in [1.807, 2.05) is 0 Å². The van der Waals surface area contributed by atoms with E-state index in [-0.39, 0.29) is 0 Å². The first-order valence-corrected chi connectivity index (χ1v) is 6.07. The van der Waals surface area contributed by atoms with Gasteiger partial charge in [0.25, 0.3) is 0 Å². The van der Waals surface area contributed by atoms with Crippen LogP contribution in [0, 0.1) is 0 Å². The lowest BCUT2D eigenvalue weighted by Crippen LogP contribution is -2.33. The number of hydrogen-bond donors (Lipinski definition) is 3. The zero-order valence-electron chi connectivity index (χ0n) is 11.5. The Balaban J connectivity index is 2.51. The van der Waals surface area contributed by atoms with Crippen LogP contribution in [0.2, 0.25) is 0 Å². The van der Waals surface area contributed by atoms with Gasteiger partial charge in [-0.05, 0) is 6.07 Å². The number of benzene rings is 1. The van der Waals surface area contributed by atoms with E-state index in [1.54, 1.807) is 12.1 Å². The Morgan fingerprint density at radius 3 is 2.52 bits per heavy atom. The third kappa shape index (κ3) is 2.95. The van der Waals surface area contributed by atoms with Crippen molar-refractivity contribution in [3.8, 4) is 11.5 Å². The Bertz CT molecular complexity index is 662. The van der Waals surface area contributed by atoms with Gasteiger partial charge in [-0.15, -0.1) is 0 Å². The third-order valence-corrected chi connectivity index (χ3v) is 2.93. The molecule has 21 heavy (non-hydrogen) atoms. The molecule has 0 aliphatic rings. The highest BCUT2D eigenvalue weighted by Gasteiger charge is 2.18. The topological polar surface area (TPSA) is 114 Å². The number of aliphatic carboxylic acids is 1. The lowest BCUT2D eigenvalue weighted by molar-refractivity contribution is -0.138. The number of carboxylic acids is 1. The molecule has 0 saturated heterocycles. The summed E-state index contributed by atoms with van der Waals surface area (Å²) in [4.78, 5) is 19.1. The molecule has 0 aliphatic heterocycles. The monoisotopic (exact) mass is 293 g/mol. The van der Waals surface area contributed by atoms with E-state index in [2.05, 4.69) is 15.3 Å². The second kappa shape index (κ2) is 6.23. The van der Waals surface area contributed by atoms with Crippen molar-refractivity contribution in [1.82, 2.24) is 9.97 Å². The van der Waals surface area contributed by atoms with E-state index in [9.17, 15) is 4.79 Å². The molecule has 0 radical (unpaired) electrons. The number of fused-ring (bicyclic) bond motifs is 1. The van der Waals surface area contributed by atoms with Crippen LogP contribution in [0.3, 0.4) is 0 Å². The molecule has 0 saturated carbocycles. The molecule has 1 unspecified atom stereocenters. The number of carbonyl (C=O) groups is 1. The highest BCUT2D eigenvalue weighted by atomic mass is 16.5. The molecular formula is C13H15N3O5. The number of rotatable bonds is 6. The maximum atomic E-state index is 11.0. The molecule has 1 aromatic carbocycles. The number of nitrogens with one attached hydrogen (secondary N) is 1. The van der Waals surface area contributed by atoms with Crippen LogP contribution in [0.4, 0.5) is 5.82 Å². The van der Waals surface area contributed by atoms with Crippen molar-refractivity contribution < 1.29 is 24.5 Å². The molecule has 2 aromatic rings. The largest absolute Gasteiger partial charge is 0.493 e. The van der Waals surface area contributed by atoms with Crippen LogP contribution < -0.4 is 14.8 Å². The van der Waals surface area contributed by atoms with Gasteiger partial charge in [-0.25, -0.2) is 14.8 Å². The van der Waals surface area contributed by atoms with Crippen molar-refractivity contribution in [2.75, 3.05) is 26.1 Å². The van der Waals surface area contributed by atoms with Crippen molar-refractivity contribution in [3.05, 3.63) is 18.5 Å². The number of nitrogens with zero attached hydrogens (tertiary/aromatic N) is 2. The highest BCUT2D eigenvalue weighted by molar-refractivity contribution is 5.93. The molecule has 0 fully saturated rings. The number of carboxylic acid groups (broad SMARTS) is 1. The zero-order valence-corrected chi connectivity index (χ0v) is 11.5. The predicted molar refractivity (Wildman–Crippen MR) is 74.8 cm³/mol. The molecule has 8 nitrogen and oxygen atoms in total. The second-order valence-corrected chi connectivity index (χ2v) is 4.16. The molecule has 112 valence electrons. The maximum absolute atomic E-state index is 11.0. The van der Waals surface area contributed by atoms with Crippen molar-refractivity contribution in [3.63, 3.8) is 0 Å². The summed E-state index contributed by atoms with van der Waals surface area (Å²) in [6, 6.07) is 2.15. The number of aromatic nitrogens is 2. The number of anilines is 1. The van der Waals surface area contributed by atoms with Crippen LogP contribution in [0.5, 0.6) is 11.5 Å². The summed E-state index contributed by atoms with van der Waals surface area (Å²) in [5.74, 6) is 0.0949. The Labute approximate surface area is 120 Å². The minimum atomic E-state index is -1.18. The van der Waals surface area contributed by atoms with Crippen molar-refractivity contribution >= 4 is 22.7 Å². The molecule has 0 bridgehead atoms. The third-order valence-electron chi connectivity index (χ3n) is 2.93. The van der Waals surface area contributed by atoms with Gasteiger partial charge in [0.2, 0.25) is 0 Å².